The van der Waals surface area contributed by atoms with Gasteiger partial charge in [0, 0.05) is 36.7 Å². The molecule has 9 heteroatoms. The Kier molecular flexibility index (Phi) is 6.92. The Morgan fingerprint density at radius 3 is 2.30 bits per heavy atom. The summed E-state index contributed by atoms with van der Waals surface area (Å²) in [5.74, 6) is 5.99. The number of nitrogen functional groups attached to an aromatic ring is 1. The molecule has 0 spiro atoms. The van der Waals surface area contributed by atoms with E-state index in [9.17, 15) is 8.42 Å². The van der Waals surface area contributed by atoms with E-state index in [2.05, 4.69) is 34.1 Å². The lowest BCUT2D eigenvalue weighted by Gasteiger charge is -2.29. The van der Waals surface area contributed by atoms with Crippen molar-refractivity contribution in [2.45, 2.75) is 30.4 Å². The molecule has 0 bridgehead atoms. The number of hydrazine groups is 1. The molecule has 2 aromatic carbocycles. The van der Waals surface area contributed by atoms with Crippen molar-refractivity contribution in [3.8, 4) is 11.1 Å². The fourth-order valence-corrected chi connectivity index (χ4v) is 5.19. The van der Waals surface area contributed by atoms with Crippen LogP contribution in [0, 0.1) is 0 Å². The molecule has 174 valence electrons. The highest BCUT2D eigenvalue weighted by molar-refractivity contribution is 7.90. The minimum atomic E-state index is -3.58. The van der Waals surface area contributed by atoms with Crippen molar-refractivity contribution in [1.29, 1.82) is 0 Å². The highest BCUT2D eigenvalue weighted by Gasteiger charge is 2.21. The monoisotopic (exact) mass is 467 g/mol. The number of nitrogens with one attached hydrogen (secondary N) is 1. The summed E-state index contributed by atoms with van der Waals surface area (Å²) in [6, 6.07) is 13.2. The van der Waals surface area contributed by atoms with Gasteiger partial charge in [-0.05, 0) is 40.8 Å². The van der Waals surface area contributed by atoms with E-state index in [0.717, 1.165) is 16.8 Å². The third-order valence-corrected chi connectivity index (χ3v) is 7.41. The molecular formula is C24H29N5O3S. The van der Waals surface area contributed by atoms with Gasteiger partial charge in [-0.25, -0.2) is 24.2 Å². The standard InChI is InChI=1S/C24H29N5O3S/c1-17(2)19-5-3-18(4-6-19)16-33(30,31)23-12-20(21-14-26-24(28-25)27-15-21)11-22(13-23)29-7-9-32-10-8-29/h3-6,11-15,17H,7-10,16,25H2,1-2H3,(H,26,27,28). The van der Waals surface area contributed by atoms with Crippen LogP contribution in [-0.4, -0.2) is 44.7 Å². The van der Waals surface area contributed by atoms with Crippen LogP contribution in [0.1, 0.15) is 30.9 Å². The molecule has 1 aliphatic rings. The van der Waals surface area contributed by atoms with Crippen LogP contribution in [0.25, 0.3) is 11.1 Å². The third-order valence-electron chi connectivity index (χ3n) is 5.74. The Hall–Kier alpha value is -3.01. The van der Waals surface area contributed by atoms with Crippen molar-refractivity contribution >= 4 is 21.5 Å². The first kappa shape index (κ1) is 23.2. The van der Waals surface area contributed by atoms with Crippen LogP contribution in [0.15, 0.2) is 59.8 Å². The molecule has 0 unspecified atom stereocenters. The number of nitrogens with zero attached hydrogens (tertiary/aromatic N) is 3. The van der Waals surface area contributed by atoms with Gasteiger partial charge in [0.15, 0.2) is 9.84 Å². The van der Waals surface area contributed by atoms with Crippen LogP contribution in [0.4, 0.5) is 11.6 Å². The lowest BCUT2D eigenvalue weighted by atomic mass is 10.0. The topological polar surface area (TPSA) is 110 Å². The summed E-state index contributed by atoms with van der Waals surface area (Å²) >= 11 is 0. The van der Waals surface area contributed by atoms with Crippen LogP contribution in [0.3, 0.4) is 0 Å². The van der Waals surface area contributed by atoms with Crippen LogP contribution in [0.2, 0.25) is 0 Å². The van der Waals surface area contributed by atoms with E-state index in [-0.39, 0.29) is 10.6 Å². The molecule has 0 aliphatic carbocycles. The van der Waals surface area contributed by atoms with Gasteiger partial charge < -0.3 is 9.64 Å². The Morgan fingerprint density at radius 1 is 1.03 bits per heavy atom. The van der Waals surface area contributed by atoms with Gasteiger partial charge >= 0.3 is 0 Å². The van der Waals surface area contributed by atoms with Crippen molar-refractivity contribution in [3.63, 3.8) is 0 Å². The SMILES string of the molecule is CC(C)c1ccc(CS(=O)(=O)c2cc(-c3cnc(NN)nc3)cc(N3CCOCC3)c2)cc1. The Bertz CT molecular complexity index is 1190. The van der Waals surface area contributed by atoms with Crippen molar-refractivity contribution in [2.75, 3.05) is 36.6 Å². The second-order valence-electron chi connectivity index (χ2n) is 8.41. The van der Waals surface area contributed by atoms with Crippen LogP contribution < -0.4 is 16.2 Å². The predicted octanol–water partition coefficient (Wildman–Crippen LogP) is 3.36. The first-order chi connectivity index (χ1) is 15.9. The lowest BCUT2D eigenvalue weighted by Crippen LogP contribution is -2.36. The van der Waals surface area contributed by atoms with Crippen molar-refractivity contribution < 1.29 is 13.2 Å². The van der Waals surface area contributed by atoms with Crippen LogP contribution in [0.5, 0.6) is 0 Å². The molecule has 1 aliphatic heterocycles. The first-order valence-corrected chi connectivity index (χ1v) is 12.6. The number of benzene rings is 2. The molecule has 2 heterocycles. The molecule has 1 fully saturated rings. The molecule has 8 nitrogen and oxygen atoms in total. The number of ether oxygens (including phenoxy) is 1. The number of hydrogen-bond donors (Lipinski definition) is 2. The summed E-state index contributed by atoms with van der Waals surface area (Å²) in [6.45, 7) is 6.84. The van der Waals surface area contributed by atoms with E-state index in [0.29, 0.717) is 43.7 Å². The summed E-state index contributed by atoms with van der Waals surface area (Å²) in [4.78, 5) is 10.7. The number of anilines is 2. The largest absolute Gasteiger partial charge is 0.378 e. The number of hydrogen-bond acceptors (Lipinski definition) is 8. The van der Waals surface area contributed by atoms with Crippen molar-refractivity contribution in [2.24, 2.45) is 5.84 Å². The van der Waals surface area contributed by atoms with E-state index in [1.54, 1.807) is 24.5 Å². The van der Waals surface area contributed by atoms with Gasteiger partial charge in [0.2, 0.25) is 5.95 Å². The minimum absolute atomic E-state index is 0.0656. The lowest BCUT2D eigenvalue weighted by molar-refractivity contribution is 0.122. The van der Waals surface area contributed by atoms with E-state index in [1.165, 1.54) is 5.56 Å². The average molecular weight is 468 g/mol. The average Bonchev–Trinajstić information content (AvgIpc) is 2.84. The van der Waals surface area contributed by atoms with Crippen molar-refractivity contribution in [3.05, 3.63) is 66.0 Å². The fraction of sp³-hybridized carbons (Fsp3) is 0.333. The summed E-state index contributed by atoms with van der Waals surface area (Å²) in [5, 5.41) is 0. The molecule has 33 heavy (non-hydrogen) atoms. The summed E-state index contributed by atoms with van der Waals surface area (Å²) in [5.41, 5.74) is 6.63. The summed E-state index contributed by atoms with van der Waals surface area (Å²) in [7, 11) is -3.58. The normalized spacial score (nSPS) is 14.5. The smallest absolute Gasteiger partial charge is 0.237 e. The molecule has 4 rings (SSSR count). The summed E-state index contributed by atoms with van der Waals surface area (Å²) < 4.78 is 32.3. The molecule has 1 aromatic heterocycles. The molecule has 3 N–H and O–H groups in total. The third kappa shape index (κ3) is 5.50. The Balaban J connectivity index is 1.71. The molecule has 3 aromatic rings. The number of sulfone groups is 1. The maximum atomic E-state index is 13.4. The molecular weight excluding hydrogens is 438 g/mol. The van der Waals surface area contributed by atoms with Crippen LogP contribution in [-0.2, 0) is 20.3 Å². The van der Waals surface area contributed by atoms with Gasteiger partial charge in [0.25, 0.3) is 0 Å². The second kappa shape index (κ2) is 9.86. The highest BCUT2D eigenvalue weighted by Crippen LogP contribution is 2.31. The van der Waals surface area contributed by atoms with Gasteiger partial charge in [-0.1, -0.05) is 38.1 Å². The van der Waals surface area contributed by atoms with Gasteiger partial charge in [0.1, 0.15) is 0 Å². The number of rotatable bonds is 7. The number of morpholine rings is 1. The fourth-order valence-electron chi connectivity index (χ4n) is 3.79. The van der Waals surface area contributed by atoms with Crippen LogP contribution >= 0.6 is 0 Å². The molecule has 0 radical (unpaired) electrons. The first-order valence-electron chi connectivity index (χ1n) is 10.9. The van der Waals surface area contributed by atoms with Crippen molar-refractivity contribution in [1.82, 2.24) is 9.97 Å². The van der Waals surface area contributed by atoms with Gasteiger partial charge in [-0.3, -0.25) is 5.43 Å². The minimum Gasteiger partial charge on any atom is -0.378 e. The van der Waals surface area contributed by atoms with Gasteiger partial charge in [-0.15, -0.1) is 0 Å². The molecule has 1 saturated heterocycles. The maximum Gasteiger partial charge on any atom is 0.237 e. The maximum absolute atomic E-state index is 13.4. The summed E-state index contributed by atoms with van der Waals surface area (Å²) in [6.07, 6.45) is 3.25. The molecule has 0 atom stereocenters. The van der Waals surface area contributed by atoms with Gasteiger partial charge in [-0.2, -0.15) is 0 Å². The van der Waals surface area contributed by atoms with E-state index < -0.39 is 9.84 Å². The zero-order valence-electron chi connectivity index (χ0n) is 18.9. The van der Waals surface area contributed by atoms with Gasteiger partial charge in [0.05, 0.1) is 23.9 Å². The van der Waals surface area contributed by atoms with E-state index in [4.69, 9.17) is 10.6 Å². The molecule has 0 saturated carbocycles. The Labute approximate surface area is 194 Å². The second-order valence-corrected chi connectivity index (χ2v) is 10.4. The van der Waals surface area contributed by atoms with E-state index in [1.807, 2.05) is 30.3 Å². The Morgan fingerprint density at radius 2 is 1.70 bits per heavy atom. The number of nitrogens with two attached hydrogens (primary N) is 1. The zero-order valence-corrected chi connectivity index (χ0v) is 19.7. The predicted molar refractivity (Wildman–Crippen MR) is 130 cm³/mol. The molecule has 0 amide bonds. The highest BCUT2D eigenvalue weighted by atomic mass is 32.2. The van der Waals surface area contributed by atoms with E-state index >= 15 is 0 Å². The number of aromatic nitrogens is 2. The zero-order chi connectivity index (χ0) is 23.4. The quantitative estimate of drug-likeness (QED) is 0.402.